The zero-order valence-corrected chi connectivity index (χ0v) is 12.1. The second kappa shape index (κ2) is 5.89. The monoisotopic (exact) mass is 323 g/mol. The number of anilines is 1. The molecule has 0 N–H and O–H groups in total. The van der Waals surface area contributed by atoms with Gasteiger partial charge in [0, 0.05) is 7.05 Å². The Kier molecular flexibility index (Phi) is 5.09. The van der Waals surface area contributed by atoms with Crippen LogP contribution in [0.25, 0.3) is 0 Å². The van der Waals surface area contributed by atoms with E-state index in [9.17, 15) is 4.79 Å². The molecule has 0 heterocycles. The molecule has 2 nitrogen and oxygen atoms in total. The first kappa shape index (κ1) is 13.8. The van der Waals surface area contributed by atoms with Crippen molar-refractivity contribution >= 4 is 50.7 Å². The smallest absolute Gasteiger partial charge is 0.240 e. The fourth-order valence-electron chi connectivity index (χ4n) is 1.25. The van der Waals surface area contributed by atoms with Gasteiger partial charge in [-0.1, -0.05) is 52.1 Å². The van der Waals surface area contributed by atoms with E-state index in [0.717, 1.165) is 6.42 Å². The largest absolute Gasteiger partial charge is 0.313 e. The third kappa shape index (κ3) is 2.90. The van der Waals surface area contributed by atoms with Crippen molar-refractivity contribution in [1.82, 2.24) is 0 Å². The summed E-state index contributed by atoms with van der Waals surface area (Å²) in [7, 11) is 1.68. The molecule has 0 bridgehead atoms. The minimum Gasteiger partial charge on any atom is -0.313 e. The maximum absolute atomic E-state index is 11.9. The lowest BCUT2D eigenvalue weighted by Crippen LogP contribution is -2.33. The van der Waals surface area contributed by atoms with E-state index in [1.54, 1.807) is 25.2 Å². The highest BCUT2D eigenvalue weighted by atomic mass is 79.9. The molecule has 0 fully saturated rings. The van der Waals surface area contributed by atoms with Crippen LogP contribution in [0.1, 0.15) is 13.3 Å². The Morgan fingerprint density at radius 2 is 2.12 bits per heavy atom. The van der Waals surface area contributed by atoms with Gasteiger partial charge in [-0.15, -0.1) is 0 Å². The summed E-state index contributed by atoms with van der Waals surface area (Å²) in [6.07, 6.45) is 0.724. The van der Waals surface area contributed by atoms with Gasteiger partial charge >= 0.3 is 0 Å². The second-order valence-electron chi connectivity index (χ2n) is 3.35. The number of benzene rings is 1. The predicted octanol–water partition coefficient (Wildman–Crippen LogP) is 4.13. The number of nitrogens with zero attached hydrogens (tertiary/aromatic N) is 1. The van der Waals surface area contributed by atoms with Crippen LogP contribution in [0.4, 0.5) is 5.69 Å². The Bertz CT molecular complexity index is 398. The number of hydrogen-bond acceptors (Lipinski definition) is 1. The number of hydrogen-bond donors (Lipinski definition) is 0. The molecular formula is C11H12BrCl2NO. The topological polar surface area (TPSA) is 20.3 Å². The molecule has 0 radical (unpaired) electrons. The fraction of sp³-hybridized carbons (Fsp3) is 0.364. The molecule has 1 amide bonds. The highest BCUT2D eigenvalue weighted by Gasteiger charge is 2.20. The summed E-state index contributed by atoms with van der Waals surface area (Å²) in [6, 6.07) is 5.22. The van der Waals surface area contributed by atoms with E-state index in [0.29, 0.717) is 15.7 Å². The number of carbonyl (C=O) groups is 1. The molecule has 88 valence electrons. The van der Waals surface area contributed by atoms with E-state index in [-0.39, 0.29) is 10.7 Å². The van der Waals surface area contributed by atoms with Crippen LogP contribution in [-0.4, -0.2) is 17.8 Å². The minimum absolute atomic E-state index is 0.0355. The van der Waals surface area contributed by atoms with Crippen molar-refractivity contribution < 1.29 is 4.79 Å². The highest BCUT2D eigenvalue weighted by molar-refractivity contribution is 9.10. The lowest BCUT2D eigenvalue weighted by Gasteiger charge is -2.21. The summed E-state index contributed by atoms with van der Waals surface area (Å²) in [5.74, 6) is -0.0355. The average Bonchev–Trinajstić information content (AvgIpc) is 2.29. The van der Waals surface area contributed by atoms with Crippen molar-refractivity contribution in [2.75, 3.05) is 11.9 Å². The van der Waals surface area contributed by atoms with Crippen LogP contribution in [0.15, 0.2) is 18.2 Å². The first-order chi connectivity index (χ1) is 7.49. The molecule has 0 saturated heterocycles. The lowest BCUT2D eigenvalue weighted by molar-refractivity contribution is -0.117. The Labute approximate surface area is 114 Å². The fourth-order valence-corrected chi connectivity index (χ4v) is 1.98. The van der Waals surface area contributed by atoms with Gasteiger partial charge in [-0.25, -0.2) is 0 Å². The summed E-state index contributed by atoms with van der Waals surface area (Å²) in [5.41, 5.74) is 0.622. The molecule has 0 aliphatic heterocycles. The van der Waals surface area contributed by atoms with Crippen LogP contribution in [0.2, 0.25) is 10.0 Å². The van der Waals surface area contributed by atoms with E-state index < -0.39 is 0 Å². The van der Waals surface area contributed by atoms with Crippen LogP contribution in [-0.2, 0) is 4.79 Å². The summed E-state index contributed by atoms with van der Waals surface area (Å²) < 4.78 is 0. The van der Waals surface area contributed by atoms with Crippen LogP contribution < -0.4 is 4.90 Å². The zero-order chi connectivity index (χ0) is 12.3. The first-order valence-electron chi connectivity index (χ1n) is 4.84. The third-order valence-corrected chi connectivity index (χ3v) is 4.10. The quantitative estimate of drug-likeness (QED) is 0.765. The number of alkyl halides is 1. The van der Waals surface area contributed by atoms with Crippen molar-refractivity contribution in [2.45, 2.75) is 18.2 Å². The van der Waals surface area contributed by atoms with Gasteiger partial charge in [0.1, 0.15) is 0 Å². The standard InChI is InChI=1S/C11H12BrCl2NO/c1-3-7(12)11(16)15(2)9-6-4-5-8(13)10(9)14/h4-7H,3H2,1-2H3/t7-/m0/s1. The normalized spacial score (nSPS) is 12.3. The van der Waals surface area contributed by atoms with Gasteiger partial charge in [0.05, 0.1) is 20.6 Å². The number of carbonyl (C=O) groups excluding carboxylic acids is 1. The highest BCUT2D eigenvalue weighted by Crippen LogP contribution is 2.32. The predicted molar refractivity (Wildman–Crippen MR) is 72.9 cm³/mol. The first-order valence-corrected chi connectivity index (χ1v) is 6.51. The van der Waals surface area contributed by atoms with Gasteiger partial charge in [-0.05, 0) is 18.6 Å². The van der Waals surface area contributed by atoms with Gasteiger partial charge in [0.25, 0.3) is 0 Å². The van der Waals surface area contributed by atoms with Crippen molar-refractivity contribution in [2.24, 2.45) is 0 Å². The Morgan fingerprint density at radius 1 is 1.50 bits per heavy atom. The SMILES string of the molecule is CC[C@H](Br)C(=O)N(C)c1cccc(Cl)c1Cl. The molecule has 1 atom stereocenters. The maximum atomic E-state index is 11.9. The lowest BCUT2D eigenvalue weighted by atomic mass is 10.2. The van der Waals surface area contributed by atoms with Crippen molar-refractivity contribution in [1.29, 1.82) is 0 Å². The van der Waals surface area contributed by atoms with Crippen molar-refractivity contribution in [3.63, 3.8) is 0 Å². The van der Waals surface area contributed by atoms with Crippen molar-refractivity contribution in [3.8, 4) is 0 Å². The molecule has 0 saturated carbocycles. The summed E-state index contributed by atoms with van der Waals surface area (Å²) >= 11 is 15.2. The van der Waals surface area contributed by atoms with Gasteiger partial charge in [-0.2, -0.15) is 0 Å². The molecular weight excluding hydrogens is 313 g/mol. The van der Waals surface area contributed by atoms with Gasteiger partial charge in [0.2, 0.25) is 5.91 Å². The van der Waals surface area contributed by atoms with Crippen LogP contribution >= 0.6 is 39.1 Å². The number of rotatable bonds is 3. The van der Waals surface area contributed by atoms with E-state index in [1.807, 2.05) is 6.92 Å². The van der Waals surface area contributed by atoms with Gasteiger partial charge in [0.15, 0.2) is 0 Å². The molecule has 16 heavy (non-hydrogen) atoms. The van der Waals surface area contributed by atoms with Crippen LogP contribution in [0.5, 0.6) is 0 Å². The Morgan fingerprint density at radius 3 is 2.69 bits per heavy atom. The number of amides is 1. The molecule has 1 aromatic rings. The van der Waals surface area contributed by atoms with E-state index >= 15 is 0 Å². The van der Waals surface area contributed by atoms with E-state index in [1.165, 1.54) is 4.90 Å². The second-order valence-corrected chi connectivity index (χ2v) is 5.24. The van der Waals surface area contributed by atoms with Crippen LogP contribution in [0, 0.1) is 0 Å². The molecule has 0 aliphatic rings. The summed E-state index contributed by atoms with van der Waals surface area (Å²) in [4.78, 5) is 13.2. The van der Waals surface area contributed by atoms with Crippen molar-refractivity contribution in [3.05, 3.63) is 28.2 Å². The maximum Gasteiger partial charge on any atom is 0.240 e. The van der Waals surface area contributed by atoms with Gasteiger partial charge < -0.3 is 4.90 Å². The molecule has 1 aromatic carbocycles. The molecule has 0 aliphatic carbocycles. The van der Waals surface area contributed by atoms with E-state index in [2.05, 4.69) is 15.9 Å². The molecule has 0 aromatic heterocycles. The summed E-state index contributed by atoms with van der Waals surface area (Å²) in [5, 5.41) is 0.845. The number of halogens is 3. The third-order valence-electron chi connectivity index (χ3n) is 2.25. The Balaban J connectivity index is 3.01. The minimum atomic E-state index is -0.201. The summed E-state index contributed by atoms with van der Waals surface area (Å²) in [6.45, 7) is 1.94. The van der Waals surface area contributed by atoms with E-state index in [4.69, 9.17) is 23.2 Å². The molecule has 0 unspecified atom stereocenters. The Hall–Kier alpha value is -0.250. The molecule has 5 heteroatoms. The molecule has 1 rings (SSSR count). The zero-order valence-electron chi connectivity index (χ0n) is 9.01. The van der Waals surface area contributed by atoms with Gasteiger partial charge in [-0.3, -0.25) is 4.79 Å². The molecule has 0 spiro atoms. The average molecular weight is 325 g/mol. The van der Waals surface area contributed by atoms with Crippen LogP contribution in [0.3, 0.4) is 0 Å².